The van der Waals surface area contributed by atoms with Gasteiger partial charge in [0.25, 0.3) is 0 Å². The summed E-state index contributed by atoms with van der Waals surface area (Å²) in [4.78, 5) is 44.5. The predicted octanol–water partition coefficient (Wildman–Crippen LogP) is 5.48. The van der Waals surface area contributed by atoms with Crippen molar-refractivity contribution >= 4 is 29.5 Å². The molecule has 1 fully saturated rings. The third kappa shape index (κ3) is 11.2. The van der Waals surface area contributed by atoms with E-state index in [1.807, 2.05) is 76.2 Å². The van der Waals surface area contributed by atoms with Gasteiger partial charge >= 0.3 is 6.09 Å². The number of aliphatic hydroxyl groups is 2. The number of amides is 3. The summed E-state index contributed by atoms with van der Waals surface area (Å²) in [6, 6.07) is 16.4. The summed E-state index contributed by atoms with van der Waals surface area (Å²) in [7, 11) is 2.78. The summed E-state index contributed by atoms with van der Waals surface area (Å²) in [5.74, 6) is -0.964. The molecule has 1 aromatic heterocycles. The zero-order valence-electron chi connectivity index (χ0n) is 30.9. The van der Waals surface area contributed by atoms with Crippen molar-refractivity contribution in [1.29, 1.82) is 0 Å². The van der Waals surface area contributed by atoms with E-state index in [1.165, 1.54) is 7.11 Å². The van der Waals surface area contributed by atoms with Gasteiger partial charge in [0.2, 0.25) is 17.7 Å². The van der Waals surface area contributed by atoms with E-state index in [4.69, 9.17) is 21.1 Å². The van der Waals surface area contributed by atoms with Crippen LogP contribution in [0.2, 0.25) is 5.02 Å². The van der Waals surface area contributed by atoms with Crippen LogP contribution in [0.4, 0.5) is 4.79 Å². The molecule has 12 heteroatoms. The van der Waals surface area contributed by atoms with Gasteiger partial charge in [-0.1, -0.05) is 88.2 Å². The van der Waals surface area contributed by atoms with Crippen molar-refractivity contribution in [1.82, 2.24) is 20.9 Å². The van der Waals surface area contributed by atoms with Crippen molar-refractivity contribution in [3.63, 3.8) is 0 Å². The van der Waals surface area contributed by atoms with Crippen molar-refractivity contribution in [2.45, 2.75) is 96.6 Å². The number of aromatic nitrogens is 1. The Balaban J connectivity index is 1.64. The van der Waals surface area contributed by atoms with Crippen molar-refractivity contribution in [3.05, 3.63) is 83.0 Å². The van der Waals surface area contributed by atoms with E-state index in [1.54, 1.807) is 25.4 Å². The SMILES string of the molecule is COC(=O)N[C@H](C(=O)N[C@@H](Cc1ccc(-c2ccc(OC)nc2)cc1)[C@@H](O)C[C@@H](Cc1ccccc1Cl)C(=O)N[C@H]1[C@H](C)CCC[C@H]1O)C(C)(C)C. The lowest BCUT2D eigenvalue weighted by Crippen LogP contribution is -2.58. The molecule has 7 atom stereocenters. The number of hydrogen-bond donors (Lipinski definition) is 5. The molecule has 1 aliphatic carbocycles. The Bertz CT molecular complexity index is 1620. The number of alkyl carbamates (subject to hydrolysis) is 1. The highest BCUT2D eigenvalue weighted by Crippen LogP contribution is 2.28. The van der Waals surface area contributed by atoms with Gasteiger partial charge in [-0.2, -0.15) is 0 Å². The van der Waals surface area contributed by atoms with Gasteiger partial charge in [0.15, 0.2) is 0 Å². The second-order valence-corrected chi connectivity index (χ2v) is 15.3. The molecule has 1 aliphatic rings. The first-order chi connectivity index (χ1) is 24.7. The predicted molar refractivity (Wildman–Crippen MR) is 201 cm³/mol. The van der Waals surface area contributed by atoms with Gasteiger partial charge in [0, 0.05) is 28.8 Å². The van der Waals surface area contributed by atoms with Crippen LogP contribution in [0.1, 0.15) is 64.5 Å². The topological polar surface area (TPSA) is 159 Å². The van der Waals surface area contributed by atoms with E-state index in [-0.39, 0.29) is 31.1 Å². The number of hydrogen-bond acceptors (Lipinski definition) is 8. The van der Waals surface area contributed by atoms with E-state index in [2.05, 4.69) is 20.9 Å². The summed E-state index contributed by atoms with van der Waals surface area (Å²) in [6.07, 6.45) is 1.92. The fraction of sp³-hybridized carbons (Fsp3) is 0.500. The summed E-state index contributed by atoms with van der Waals surface area (Å²) in [5, 5.41) is 32.0. The lowest BCUT2D eigenvalue weighted by atomic mass is 9.82. The molecule has 0 radical (unpaired) electrons. The Morgan fingerprint density at radius 1 is 0.942 bits per heavy atom. The molecule has 5 N–H and O–H groups in total. The number of ether oxygens (including phenoxy) is 2. The van der Waals surface area contributed by atoms with E-state index >= 15 is 0 Å². The summed E-state index contributed by atoms with van der Waals surface area (Å²) in [5.41, 5.74) is 2.68. The van der Waals surface area contributed by atoms with Gasteiger partial charge in [0.1, 0.15) is 6.04 Å². The Labute approximate surface area is 311 Å². The average Bonchev–Trinajstić information content (AvgIpc) is 3.12. The number of nitrogens with zero attached hydrogens (tertiary/aromatic N) is 1. The summed E-state index contributed by atoms with van der Waals surface area (Å²) < 4.78 is 9.97. The number of pyridine rings is 1. The number of halogens is 1. The fourth-order valence-electron chi connectivity index (χ4n) is 6.74. The van der Waals surface area contributed by atoms with Crippen LogP contribution in [0.5, 0.6) is 5.88 Å². The minimum Gasteiger partial charge on any atom is -0.481 e. The molecule has 2 aromatic carbocycles. The van der Waals surface area contributed by atoms with Crippen LogP contribution >= 0.6 is 11.6 Å². The van der Waals surface area contributed by atoms with Crippen molar-refractivity contribution in [2.75, 3.05) is 14.2 Å². The quantitative estimate of drug-likeness (QED) is 0.146. The van der Waals surface area contributed by atoms with Gasteiger partial charge in [-0.05, 0) is 72.3 Å². The number of nitrogens with one attached hydrogen (secondary N) is 3. The average molecular weight is 737 g/mol. The Kier molecular flexibility index (Phi) is 14.5. The van der Waals surface area contributed by atoms with Crippen LogP contribution in [0.15, 0.2) is 66.9 Å². The molecule has 0 bridgehead atoms. The van der Waals surface area contributed by atoms with Crippen molar-refractivity contribution < 1.29 is 34.1 Å². The van der Waals surface area contributed by atoms with E-state index < -0.39 is 53.7 Å². The molecule has 3 amide bonds. The minimum atomic E-state index is -1.19. The van der Waals surface area contributed by atoms with Gasteiger partial charge in [0.05, 0.1) is 38.5 Å². The van der Waals surface area contributed by atoms with E-state index in [0.717, 1.165) is 35.1 Å². The van der Waals surface area contributed by atoms with Crippen LogP contribution in [-0.4, -0.2) is 77.7 Å². The number of methoxy groups -OCH3 is 2. The molecule has 52 heavy (non-hydrogen) atoms. The first-order valence-corrected chi connectivity index (χ1v) is 18.2. The maximum atomic E-state index is 14.0. The van der Waals surface area contributed by atoms with Gasteiger partial charge in [-0.15, -0.1) is 0 Å². The second kappa shape index (κ2) is 18.5. The smallest absolute Gasteiger partial charge is 0.407 e. The van der Waals surface area contributed by atoms with Crippen molar-refractivity contribution in [2.24, 2.45) is 17.3 Å². The third-order valence-corrected chi connectivity index (χ3v) is 10.2. The molecular formula is C40H53ClN4O7. The second-order valence-electron chi connectivity index (χ2n) is 14.8. The third-order valence-electron chi connectivity index (χ3n) is 9.87. The fourth-order valence-corrected chi connectivity index (χ4v) is 6.95. The number of carbonyl (C=O) groups excluding carboxylic acids is 3. The standard InChI is InChI=1S/C40H53ClN4O7/c1-24-10-9-13-32(46)35(24)44-37(48)29(21-27-11-7-8-12-30(27)41)22-33(47)31(43-38(49)36(40(2,3)4)45-39(50)52-6)20-25-14-16-26(17-15-25)28-18-19-34(51-5)42-23-28/h7-8,11-12,14-19,23-24,29,31-33,35-36,46-47H,9-10,13,20-22H2,1-6H3,(H,43,49)(H,44,48)(H,45,50)/t24-,29-,31+,32-,33+,35+,36-/m1/s1. The monoisotopic (exact) mass is 736 g/mol. The maximum Gasteiger partial charge on any atom is 0.407 e. The van der Waals surface area contributed by atoms with Gasteiger partial charge in [-0.3, -0.25) is 9.59 Å². The van der Waals surface area contributed by atoms with Gasteiger partial charge in [-0.25, -0.2) is 9.78 Å². The summed E-state index contributed by atoms with van der Waals surface area (Å²) in [6.45, 7) is 7.46. The molecule has 0 saturated heterocycles. The highest BCUT2D eigenvalue weighted by atomic mass is 35.5. The zero-order chi connectivity index (χ0) is 38.0. The molecule has 3 aromatic rings. The molecule has 282 valence electrons. The summed E-state index contributed by atoms with van der Waals surface area (Å²) >= 11 is 6.54. The Morgan fingerprint density at radius 2 is 1.63 bits per heavy atom. The molecule has 0 spiro atoms. The number of aliphatic hydroxyl groups excluding tert-OH is 2. The number of carbonyl (C=O) groups is 3. The maximum absolute atomic E-state index is 14.0. The normalized spacial score (nSPS) is 19.8. The Hall–Kier alpha value is -4.19. The zero-order valence-corrected chi connectivity index (χ0v) is 31.7. The minimum absolute atomic E-state index is 0.0145. The highest BCUT2D eigenvalue weighted by molar-refractivity contribution is 6.31. The number of benzene rings is 2. The molecule has 0 aliphatic heterocycles. The van der Waals surface area contributed by atoms with E-state index in [0.29, 0.717) is 17.3 Å². The lowest BCUT2D eigenvalue weighted by Gasteiger charge is -2.36. The van der Waals surface area contributed by atoms with Crippen molar-refractivity contribution in [3.8, 4) is 17.0 Å². The van der Waals surface area contributed by atoms with Crippen LogP contribution < -0.4 is 20.7 Å². The lowest BCUT2D eigenvalue weighted by molar-refractivity contribution is -0.129. The molecule has 4 rings (SSSR count). The first-order valence-electron chi connectivity index (χ1n) is 17.8. The molecule has 0 unspecified atom stereocenters. The van der Waals surface area contributed by atoms with Crippen LogP contribution in [0.25, 0.3) is 11.1 Å². The molecule has 1 heterocycles. The van der Waals surface area contributed by atoms with Gasteiger partial charge < -0.3 is 35.6 Å². The number of rotatable bonds is 14. The first kappa shape index (κ1) is 40.6. The molecular weight excluding hydrogens is 684 g/mol. The van der Waals surface area contributed by atoms with Crippen LogP contribution in [0, 0.1) is 17.3 Å². The Morgan fingerprint density at radius 3 is 2.23 bits per heavy atom. The van der Waals surface area contributed by atoms with Crippen LogP contribution in [0.3, 0.4) is 0 Å². The highest BCUT2D eigenvalue weighted by Gasteiger charge is 2.37. The molecule has 1 saturated carbocycles. The van der Waals surface area contributed by atoms with Crippen LogP contribution in [-0.2, 0) is 27.2 Å². The van der Waals surface area contributed by atoms with E-state index in [9.17, 15) is 24.6 Å². The molecule has 11 nitrogen and oxygen atoms in total. The largest absolute Gasteiger partial charge is 0.481 e.